The van der Waals surface area contributed by atoms with E-state index in [0.717, 1.165) is 43.8 Å². The summed E-state index contributed by atoms with van der Waals surface area (Å²) in [6, 6.07) is 3.78. The first-order chi connectivity index (χ1) is 8.29. The molecular formula is C12H13ClN4. The molecule has 5 heteroatoms. The highest BCUT2D eigenvalue weighted by molar-refractivity contribution is 6.29. The van der Waals surface area contributed by atoms with Crippen LogP contribution in [-0.2, 0) is 6.42 Å². The lowest BCUT2D eigenvalue weighted by molar-refractivity contribution is 0.457. The molecule has 0 bridgehead atoms. The van der Waals surface area contributed by atoms with Gasteiger partial charge in [0.05, 0.1) is 0 Å². The number of likely N-dealkylation sites (tertiary alicyclic amines) is 1. The number of nitrogens with zero attached hydrogens (tertiary/aromatic N) is 4. The Hall–Kier alpha value is -1.60. The topological polar surface area (TPSA) is 52.3 Å². The Bertz CT molecular complexity index is 447. The number of nitriles is 1. The number of halogens is 1. The van der Waals surface area contributed by atoms with E-state index >= 15 is 0 Å². The molecular weight excluding hydrogens is 236 g/mol. The molecule has 4 nitrogen and oxygen atoms in total. The minimum absolute atomic E-state index is 0.515. The van der Waals surface area contributed by atoms with Gasteiger partial charge >= 0.3 is 0 Å². The second-order valence-electron chi connectivity index (χ2n) is 3.96. The van der Waals surface area contributed by atoms with Crippen molar-refractivity contribution in [3.05, 3.63) is 29.0 Å². The van der Waals surface area contributed by atoms with Crippen LogP contribution < -0.4 is 0 Å². The summed E-state index contributed by atoms with van der Waals surface area (Å²) in [6.45, 7) is 1.87. The minimum Gasteiger partial charge on any atom is -0.359 e. The first-order valence-electron chi connectivity index (χ1n) is 5.60. The molecule has 0 spiro atoms. The molecule has 17 heavy (non-hydrogen) atoms. The van der Waals surface area contributed by atoms with Crippen molar-refractivity contribution >= 4 is 17.4 Å². The zero-order valence-electron chi connectivity index (χ0n) is 9.43. The lowest BCUT2D eigenvalue weighted by Gasteiger charge is -2.17. The summed E-state index contributed by atoms with van der Waals surface area (Å²) >= 11 is 5.73. The van der Waals surface area contributed by atoms with Gasteiger partial charge in [-0.15, -0.1) is 0 Å². The van der Waals surface area contributed by atoms with Crippen LogP contribution in [0, 0.1) is 11.5 Å². The lowest BCUT2D eigenvalue weighted by atomic mass is 10.2. The summed E-state index contributed by atoms with van der Waals surface area (Å²) in [5.41, 5.74) is 1.15. The Morgan fingerprint density at radius 3 is 3.12 bits per heavy atom. The molecule has 0 N–H and O–H groups in total. The smallest absolute Gasteiger partial charge is 0.207 e. The van der Waals surface area contributed by atoms with Crippen LogP contribution >= 0.6 is 11.6 Å². The van der Waals surface area contributed by atoms with E-state index in [-0.39, 0.29) is 0 Å². The van der Waals surface area contributed by atoms with Gasteiger partial charge in [-0.25, -0.2) is 4.98 Å². The van der Waals surface area contributed by atoms with Crippen LogP contribution in [0.1, 0.15) is 18.4 Å². The van der Waals surface area contributed by atoms with E-state index in [1.807, 2.05) is 12.3 Å². The summed E-state index contributed by atoms with van der Waals surface area (Å²) in [7, 11) is 0. The molecule has 0 amide bonds. The fourth-order valence-electron chi connectivity index (χ4n) is 1.96. The van der Waals surface area contributed by atoms with Crippen molar-refractivity contribution in [1.82, 2.24) is 9.88 Å². The van der Waals surface area contributed by atoms with Crippen LogP contribution in [0.25, 0.3) is 0 Å². The second kappa shape index (κ2) is 5.65. The molecule has 0 aliphatic carbocycles. The van der Waals surface area contributed by atoms with Crippen molar-refractivity contribution in [2.45, 2.75) is 19.3 Å². The molecule has 2 heterocycles. The van der Waals surface area contributed by atoms with Crippen molar-refractivity contribution in [3.63, 3.8) is 0 Å². The third kappa shape index (κ3) is 3.18. The molecule has 0 radical (unpaired) electrons. The molecule has 0 atom stereocenters. The fraction of sp³-hybridized carbons (Fsp3) is 0.417. The lowest BCUT2D eigenvalue weighted by Crippen LogP contribution is -2.27. The van der Waals surface area contributed by atoms with Crippen LogP contribution in [0.4, 0.5) is 0 Å². The predicted molar refractivity (Wildman–Crippen MR) is 66.8 cm³/mol. The van der Waals surface area contributed by atoms with Gasteiger partial charge in [0.25, 0.3) is 0 Å². The molecule has 2 rings (SSSR count). The highest BCUT2D eigenvalue weighted by Crippen LogP contribution is 2.13. The Balaban J connectivity index is 1.92. The van der Waals surface area contributed by atoms with Crippen LogP contribution in [0.15, 0.2) is 23.3 Å². The zero-order chi connectivity index (χ0) is 12.1. The Labute approximate surface area is 106 Å². The zero-order valence-corrected chi connectivity index (χ0v) is 10.2. The van der Waals surface area contributed by atoms with Crippen LogP contribution in [0.5, 0.6) is 0 Å². The highest BCUT2D eigenvalue weighted by atomic mass is 35.5. The van der Waals surface area contributed by atoms with Crippen LogP contribution in [0.2, 0.25) is 5.15 Å². The Kier molecular flexibility index (Phi) is 3.94. The molecule has 0 unspecified atom stereocenters. The highest BCUT2D eigenvalue weighted by Gasteiger charge is 2.17. The molecule has 1 saturated heterocycles. The molecule has 1 aromatic rings. The van der Waals surface area contributed by atoms with Gasteiger partial charge in [0, 0.05) is 25.7 Å². The third-order valence-corrected chi connectivity index (χ3v) is 3.06. The van der Waals surface area contributed by atoms with E-state index < -0.39 is 0 Å². The minimum atomic E-state index is 0.515. The summed E-state index contributed by atoms with van der Waals surface area (Å²) in [5, 5.41) is 9.09. The van der Waals surface area contributed by atoms with Gasteiger partial charge in [0.15, 0.2) is 0 Å². The molecule has 1 aliphatic heterocycles. The largest absolute Gasteiger partial charge is 0.359 e. The number of aromatic nitrogens is 1. The Morgan fingerprint density at radius 1 is 1.53 bits per heavy atom. The summed E-state index contributed by atoms with van der Waals surface area (Å²) in [5.74, 6) is 0.912. The molecule has 1 aromatic heterocycles. The normalized spacial score (nSPS) is 17.4. The maximum absolute atomic E-state index is 8.57. The quantitative estimate of drug-likeness (QED) is 0.609. The SMILES string of the molecule is N#CN=C1CCCN1CCc1ccc(Cl)nc1. The predicted octanol–water partition coefficient (Wildman–Crippen LogP) is 2.25. The van der Waals surface area contributed by atoms with Gasteiger partial charge in [-0.2, -0.15) is 10.3 Å². The maximum atomic E-state index is 8.57. The van der Waals surface area contributed by atoms with E-state index in [2.05, 4.69) is 14.9 Å². The van der Waals surface area contributed by atoms with Crippen LogP contribution in [0.3, 0.4) is 0 Å². The number of amidine groups is 1. The summed E-state index contributed by atoms with van der Waals surface area (Å²) in [6.07, 6.45) is 6.54. The van der Waals surface area contributed by atoms with Crippen molar-refractivity contribution in [3.8, 4) is 6.19 Å². The number of rotatable bonds is 3. The molecule has 0 saturated carbocycles. The number of hydrogen-bond acceptors (Lipinski definition) is 3. The average molecular weight is 249 g/mol. The van der Waals surface area contributed by atoms with Gasteiger partial charge in [-0.1, -0.05) is 17.7 Å². The Morgan fingerprint density at radius 2 is 2.41 bits per heavy atom. The number of aliphatic imine (C=N–C) groups is 1. The summed E-state index contributed by atoms with van der Waals surface area (Å²) in [4.78, 5) is 10.1. The number of pyridine rings is 1. The standard InChI is InChI=1S/C12H13ClN4/c13-11-4-3-10(8-15-11)5-7-17-6-1-2-12(17)16-9-14/h3-4,8H,1-2,5-7H2. The number of hydrogen-bond donors (Lipinski definition) is 0. The molecule has 88 valence electrons. The first-order valence-corrected chi connectivity index (χ1v) is 5.98. The van der Waals surface area contributed by atoms with Gasteiger partial charge in [0.2, 0.25) is 6.19 Å². The first kappa shape index (κ1) is 11.9. The van der Waals surface area contributed by atoms with Crippen LogP contribution in [-0.4, -0.2) is 28.8 Å². The van der Waals surface area contributed by atoms with Gasteiger partial charge in [-0.05, 0) is 24.5 Å². The molecule has 1 aliphatic rings. The van der Waals surface area contributed by atoms with E-state index in [4.69, 9.17) is 16.9 Å². The van der Waals surface area contributed by atoms with Crippen molar-refractivity contribution in [2.75, 3.05) is 13.1 Å². The van der Waals surface area contributed by atoms with Gasteiger partial charge in [-0.3, -0.25) is 0 Å². The van der Waals surface area contributed by atoms with Crippen molar-refractivity contribution in [1.29, 1.82) is 5.26 Å². The van der Waals surface area contributed by atoms with E-state index in [9.17, 15) is 0 Å². The summed E-state index contributed by atoms with van der Waals surface area (Å²) < 4.78 is 0. The third-order valence-electron chi connectivity index (χ3n) is 2.83. The van der Waals surface area contributed by atoms with E-state index in [1.54, 1.807) is 12.3 Å². The molecule has 1 fully saturated rings. The van der Waals surface area contributed by atoms with Gasteiger partial charge in [0.1, 0.15) is 11.0 Å². The van der Waals surface area contributed by atoms with E-state index in [0.29, 0.717) is 5.15 Å². The van der Waals surface area contributed by atoms with E-state index in [1.165, 1.54) is 0 Å². The molecule has 0 aromatic carbocycles. The fourth-order valence-corrected chi connectivity index (χ4v) is 2.07. The average Bonchev–Trinajstić information content (AvgIpc) is 2.77. The maximum Gasteiger partial charge on any atom is 0.207 e. The monoisotopic (exact) mass is 248 g/mol. The van der Waals surface area contributed by atoms with Gasteiger partial charge < -0.3 is 4.90 Å². The van der Waals surface area contributed by atoms with Crippen molar-refractivity contribution in [2.24, 2.45) is 4.99 Å². The van der Waals surface area contributed by atoms with Crippen molar-refractivity contribution < 1.29 is 0 Å². The second-order valence-corrected chi connectivity index (χ2v) is 4.35.